The van der Waals surface area contributed by atoms with Crippen LogP contribution in [0.4, 0.5) is 5.69 Å². The van der Waals surface area contributed by atoms with Crippen LogP contribution in [0.15, 0.2) is 6.20 Å². The Bertz CT molecular complexity index is 436. The Morgan fingerprint density at radius 2 is 2.56 bits per heavy atom. The maximum atomic E-state index is 11.7. The number of ether oxygens (including phenoxy) is 2. The molecule has 18 heavy (non-hydrogen) atoms. The van der Waals surface area contributed by atoms with Gasteiger partial charge in [-0.1, -0.05) is 0 Å². The topological polar surface area (TPSA) is 73.3 Å². The smallest absolute Gasteiger partial charge is 0.359 e. The largest absolute Gasteiger partial charge is 0.461 e. The first-order chi connectivity index (χ1) is 8.70. The summed E-state index contributed by atoms with van der Waals surface area (Å²) >= 11 is 5.70. The van der Waals surface area contributed by atoms with E-state index < -0.39 is 5.97 Å². The molecule has 0 radical (unpaired) electrons. The molecular weight excluding hydrogens is 258 g/mol. The van der Waals surface area contributed by atoms with E-state index in [0.29, 0.717) is 18.9 Å². The van der Waals surface area contributed by atoms with E-state index >= 15 is 0 Å². The summed E-state index contributed by atoms with van der Waals surface area (Å²) < 4.78 is 10.2. The van der Waals surface area contributed by atoms with E-state index in [1.807, 2.05) is 0 Å². The second-order valence-electron chi connectivity index (χ2n) is 3.83. The fraction of sp³-hybridized carbons (Fsp3) is 0.545. The molecule has 0 aromatic carbocycles. The summed E-state index contributed by atoms with van der Waals surface area (Å²) in [6, 6.07) is 0.156. The van der Waals surface area contributed by atoms with Crippen molar-refractivity contribution < 1.29 is 14.3 Å². The normalized spacial score (nSPS) is 18.7. The van der Waals surface area contributed by atoms with Crippen LogP contribution in [0.1, 0.15) is 23.8 Å². The molecule has 1 aliphatic rings. The van der Waals surface area contributed by atoms with Gasteiger partial charge < -0.3 is 14.8 Å². The van der Waals surface area contributed by atoms with Crippen LogP contribution in [0, 0.1) is 0 Å². The lowest BCUT2D eigenvalue weighted by molar-refractivity contribution is 0.0520. The number of hydrogen-bond donors (Lipinski definition) is 1. The molecule has 1 saturated heterocycles. The SMILES string of the molecule is CCOC(=O)c1nc(Cl)ncc1NC1CCOC1. The zero-order valence-electron chi connectivity index (χ0n) is 9.98. The number of carbonyl (C=O) groups is 1. The molecule has 1 aromatic rings. The Hall–Kier alpha value is -1.40. The Morgan fingerprint density at radius 3 is 3.22 bits per heavy atom. The van der Waals surface area contributed by atoms with Gasteiger partial charge in [0.1, 0.15) is 0 Å². The molecule has 1 fully saturated rings. The van der Waals surface area contributed by atoms with Crippen molar-refractivity contribution in [3.05, 3.63) is 17.2 Å². The summed E-state index contributed by atoms with van der Waals surface area (Å²) in [5.41, 5.74) is 0.678. The van der Waals surface area contributed by atoms with Gasteiger partial charge in [0.15, 0.2) is 5.69 Å². The van der Waals surface area contributed by atoms with Crippen LogP contribution in [0.25, 0.3) is 0 Å². The summed E-state index contributed by atoms with van der Waals surface area (Å²) in [6.45, 7) is 3.33. The fourth-order valence-electron chi connectivity index (χ4n) is 1.69. The maximum Gasteiger partial charge on any atom is 0.359 e. The number of halogens is 1. The lowest BCUT2D eigenvalue weighted by Crippen LogP contribution is -2.22. The second-order valence-corrected chi connectivity index (χ2v) is 4.16. The summed E-state index contributed by atoms with van der Waals surface area (Å²) in [5, 5.41) is 3.19. The van der Waals surface area contributed by atoms with Gasteiger partial charge in [0.2, 0.25) is 5.28 Å². The van der Waals surface area contributed by atoms with Crippen molar-refractivity contribution in [1.82, 2.24) is 9.97 Å². The predicted octanol–water partition coefficient (Wildman–Crippen LogP) is 1.51. The lowest BCUT2D eigenvalue weighted by Gasteiger charge is -2.14. The molecule has 0 saturated carbocycles. The van der Waals surface area contributed by atoms with Crippen molar-refractivity contribution in [3.8, 4) is 0 Å². The van der Waals surface area contributed by atoms with Crippen molar-refractivity contribution in [2.24, 2.45) is 0 Å². The zero-order chi connectivity index (χ0) is 13.0. The molecule has 1 aromatic heterocycles. The molecule has 0 aliphatic carbocycles. The minimum Gasteiger partial charge on any atom is -0.461 e. The molecule has 2 heterocycles. The van der Waals surface area contributed by atoms with Crippen LogP contribution in [0.3, 0.4) is 0 Å². The van der Waals surface area contributed by atoms with E-state index in [-0.39, 0.29) is 23.6 Å². The average Bonchev–Trinajstić information content (AvgIpc) is 2.84. The van der Waals surface area contributed by atoms with Gasteiger partial charge in [-0.3, -0.25) is 0 Å². The van der Waals surface area contributed by atoms with Gasteiger partial charge in [0, 0.05) is 6.61 Å². The van der Waals surface area contributed by atoms with Crippen LogP contribution >= 0.6 is 11.6 Å². The van der Waals surface area contributed by atoms with Crippen molar-refractivity contribution in [1.29, 1.82) is 0 Å². The predicted molar refractivity (Wildman–Crippen MR) is 65.8 cm³/mol. The second kappa shape index (κ2) is 5.97. The minimum absolute atomic E-state index is 0.0197. The average molecular weight is 272 g/mol. The highest BCUT2D eigenvalue weighted by Gasteiger charge is 2.21. The molecule has 1 unspecified atom stereocenters. The standard InChI is InChI=1S/C11H14ClN3O3/c1-2-18-10(16)9-8(5-13-11(12)15-9)14-7-3-4-17-6-7/h5,7,14H,2-4,6H2,1H3. The van der Waals surface area contributed by atoms with Crippen LogP contribution in [0.5, 0.6) is 0 Å². The molecule has 2 rings (SSSR count). The lowest BCUT2D eigenvalue weighted by atomic mass is 10.2. The fourth-order valence-corrected chi connectivity index (χ4v) is 1.82. The van der Waals surface area contributed by atoms with Crippen LogP contribution in [-0.4, -0.2) is 41.8 Å². The monoisotopic (exact) mass is 271 g/mol. The van der Waals surface area contributed by atoms with E-state index in [2.05, 4.69) is 15.3 Å². The molecule has 0 spiro atoms. The summed E-state index contributed by atoms with van der Waals surface area (Å²) in [7, 11) is 0. The van der Waals surface area contributed by atoms with Gasteiger partial charge in [0.25, 0.3) is 0 Å². The highest BCUT2D eigenvalue weighted by Crippen LogP contribution is 2.19. The molecule has 0 amide bonds. The molecule has 1 atom stereocenters. The first-order valence-electron chi connectivity index (χ1n) is 5.74. The van der Waals surface area contributed by atoms with Gasteiger partial charge in [-0.2, -0.15) is 0 Å². The number of carbonyl (C=O) groups excluding carboxylic acids is 1. The number of hydrogen-bond acceptors (Lipinski definition) is 6. The van der Waals surface area contributed by atoms with Gasteiger partial charge in [0.05, 0.1) is 31.1 Å². The van der Waals surface area contributed by atoms with E-state index in [4.69, 9.17) is 21.1 Å². The number of nitrogens with zero attached hydrogens (tertiary/aromatic N) is 2. The number of esters is 1. The Labute approximate surface area is 110 Å². The van der Waals surface area contributed by atoms with Crippen molar-refractivity contribution >= 4 is 23.3 Å². The summed E-state index contributed by atoms with van der Waals surface area (Å²) in [6.07, 6.45) is 2.37. The number of rotatable bonds is 4. The van der Waals surface area contributed by atoms with Gasteiger partial charge in [-0.05, 0) is 24.9 Å². The van der Waals surface area contributed by atoms with Gasteiger partial charge in [-0.15, -0.1) is 0 Å². The molecule has 1 N–H and O–H groups in total. The molecule has 98 valence electrons. The number of nitrogens with one attached hydrogen (secondary N) is 1. The quantitative estimate of drug-likeness (QED) is 0.661. The Balaban J connectivity index is 2.19. The highest BCUT2D eigenvalue weighted by atomic mass is 35.5. The van der Waals surface area contributed by atoms with E-state index in [1.165, 1.54) is 6.20 Å². The first-order valence-corrected chi connectivity index (χ1v) is 6.12. The minimum atomic E-state index is -0.511. The maximum absolute atomic E-state index is 11.7. The Kier molecular flexibility index (Phi) is 4.33. The van der Waals surface area contributed by atoms with Crippen molar-refractivity contribution in [2.45, 2.75) is 19.4 Å². The summed E-state index contributed by atoms with van der Waals surface area (Å²) in [5.74, 6) is -0.511. The van der Waals surface area contributed by atoms with Crippen LogP contribution < -0.4 is 5.32 Å². The molecule has 6 nitrogen and oxygen atoms in total. The zero-order valence-corrected chi connectivity index (χ0v) is 10.7. The van der Waals surface area contributed by atoms with E-state index in [0.717, 1.165) is 6.42 Å². The van der Waals surface area contributed by atoms with Gasteiger partial charge >= 0.3 is 5.97 Å². The van der Waals surface area contributed by atoms with Crippen LogP contribution in [-0.2, 0) is 9.47 Å². The molecule has 7 heteroatoms. The third-order valence-electron chi connectivity index (χ3n) is 2.52. The third-order valence-corrected chi connectivity index (χ3v) is 2.70. The number of anilines is 1. The summed E-state index contributed by atoms with van der Waals surface area (Å²) in [4.78, 5) is 19.5. The highest BCUT2D eigenvalue weighted by molar-refractivity contribution is 6.28. The van der Waals surface area contributed by atoms with E-state index in [9.17, 15) is 4.79 Å². The first kappa shape index (κ1) is 13.0. The molecule has 1 aliphatic heterocycles. The third kappa shape index (κ3) is 3.08. The molecule has 0 bridgehead atoms. The number of aromatic nitrogens is 2. The molecular formula is C11H14ClN3O3. The van der Waals surface area contributed by atoms with Crippen LogP contribution in [0.2, 0.25) is 5.28 Å². The van der Waals surface area contributed by atoms with Crippen molar-refractivity contribution in [2.75, 3.05) is 25.1 Å². The van der Waals surface area contributed by atoms with E-state index in [1.54, 1.807) is 6.92 Å². The van der Waals surface area contributed by atoms with Gasteiger partial charge in [-0.25, -0.2) is 14.8 Å². The van der Waals surface area contributed by atoms with Crippen molar-refractivity contribution in [3.63, 3.8) is 0 Å². The Morgan fingerprint density at radius 1 is 1.72 bits per heavy atom.